The molecule has 0 amide bonds. The highest BCUT2D eigenvalue weighted by Gasteiger charge is 2.15. The number of aromatic nitrogens is 3. The third kappa shape index (κ3) is 2.27. The Bertz CT molecular complexity index is 1110. The van der Waals surface area contributed by atoms with Crippen molar-refractivity contribution in [3.63, 3.8) is 0 Å². The standard InChI is InChI=1S/C19H13N3O2/c1-11-18(22-16-9-5-4-8-15(16)20-11)17-10-13(19(23)24)12-6-2-3-7-14(12)21-17/h2-10H,1H3,(H,23,24). The first-order chi connectivity index (χ1) is 11.6. The maximum absolute atomic E-state index is 11.6. The molecule has 2 heterocycles. The number of pyridine rings is 1. The average Bonchev–Trinajstić information content (AvgIpc) is 2.60. The van der Waals surface area contributed by atoms with Gasteiger partial charge in [0.1, 0.15) is 5.69 Å². The van der Waals surface area contributed by atoms with Gasteiger partial charge in [0, 0.05) is 5.39 Å². The molecule has 0 unspecified atom stereocenters. The van der Waals surface area contributed by atoms with Crippen LogP contribution in [0.2, 0.25) is 0 Å². The number of benzene rings is 2. The van der Waals surface area contributed by atoms with E-state index in [-0.39, 0.29) is 5.56 Å². The molecule has 116 valence electrons. The summed E-state index contributed by atoms with van der Waals surface area (Å²) in [6, 6.07) is 16.3. The van der Waals surface area contributed by atoms with Crippen LogP contribution in [0.3, 0.4) is 0 Å². The number of para-hydroxylation sites is 3. The van der Waals surface area contributed by atoms with Crippen LogP contribution in [0, 0.1) is 6.92 Å². The molecule has 2 aromatic heterocycles. The van der Waals surface area contributed by atoms with Crippen molar-refractivity contribution in [2.75, 3.05) is 0 Å². The Morgan fingerprint density at radius 2 is 1.50 bits per heavy atom. The maximum atomic E-state index is 11.6. The third-order valence-electron chi connectivity index (χ3n) is 3.93. The van der Waals surface area contributed by atoms with Crippen molar-refractivity contribution in [1.82, 2.24) is 15.0 Å². The Kier molecular flexibility index (Phi) is 3.20. The number of fused-ring (bicyclic) bond motifs is 2. The molecule has 0 atom stereocenters. The lowest BCUT2D eigenvalue weighted by molar-refractivity contribution is 0.0699. The van der Waals surface area contributed by atoms with Crippen molar-refractivity contribution in [3.8, 4) is 11.4 Å². The van der Waals surface area contributed by atoms with Crippen LogP contribution in [-0.4, -0.2) is 26.0 Å². The average molecular weight is 315 g/mol. The van der Waals surface area contributed by atoms with Crippen LogP contribution < -0.4 is 0 Å². The predicted octanol–water partition coefficient (Wildman–Crippen LogP) is 3.85. The molecular formula is C19H13N3O2. The minimum atomic E-state index is -0.985. The summed E-state index contributed by atoms with van der Waals surface area (Å²) in [7, 11) is 0. The topological polar surface area (TPSA) is 76.0 Å². The summed E-state index contributed by atoms with van der Waals surface area (Å²) in [6.45, 7) is 1.85. The van der Waals surface area contributed by atoms with Gasteiger partial charge in [0.15, 0.2) is 0 Å². The maximum Gasteiger partial charge on any atom is 0.336 e. The van der Waals surface area contributed by atoms with E-state index in [1.807, 2.05) is 37.3 Å². The Morgan fingerprint density at radius 3 is 2.21 bits per heavy atom. The van der Waals surface area contributed by atoms with Gasteiger partial charge in [-0.05, 0) is 31.2 Å². The van der Waals surface area contributed by atoms with Crippen molar-refractivity contribution in [2.45, 2.75) is 6.92 Å². The lowest BCUT2D eigenvalue weighted by atomic mass is 10.1. The van der Waals surface area contributed by atoms with Gasteiger partial charge in [-0.1, -0.05) is 30.3 Å². The number of rotatable bonds is 2. The van der Waals surface area contributed by atoms with Gasteiger partial charge in [-0.3, -0.25) is 0 Å². The van der Waals surface area contributed by atoms with Crippen LogP contribution in [0.25, 0.3) is 33.3 Å². The van der Waals surface area contributed by atoms with E-state index < -0.39 is 5.97 Å². The van der Waals surface area contributed by atoms with Gasteiger partial charge in [-0.2, -0.15) is 0 Å². The molecule has 1 N–H and O–H groups in total. The van der Waals surface area contributed by atoms with Crippen LogP contribution in [0.4, 0.5) is 0 Å². The molecule has 0 bridgehead atoms. The SMILES string of the molecule is Cc1nc2ccccc2nc1-c1cc(C(=O)O)c2ccccc2n1. The van der Waals surface area contributed by atoms with E-state index in [9.17, 15) is 9.90 Å². The van der Waals surface area contributed by atoms with Gasteiger partial charge in [-0.25, -0.2) is 19.7 Å². The van der Waals surface area contributed by atoms with E-state index in [1.165, 1.54) is 0 Å². The Hall–Kier alpha value is -3.34. The van der Waals surface area contributed by atoms with E-state index in [4.69, 9.17) is 0 Å². The third-order valence-corrected chi connectivity index (χ3v) is 3.93. The first-order valence-electron chi connectivity index (χ1n) is 7.50. The molecule has 0 saturated carbocycles. The number of hydrogen-bond donors (Lipinski definition) is 1. The van der Waals surface area contributed by atoms with E-state index in [0.29, 0.717) is 28.0 Å². The molecular weight excluding hydrogens is 302 g/mol. The van der Waals surface area contributed by atoms with Crippen molar-refractivity contribution in [1.29, 1.82) is 0 Å². The van der Waals surface area contributed by atoms with Crippen molar-refractivity contribution < 1.29 is 9.90 Å². The van der Waals surface area contributed by atoms with E-state index in [0.717, 1.165) is 11.0 Å². The number of nitrogens with zero attached hydrogens (tertiary/aromatic N) is 3. The van der Waals surface area contributed by atoms with Crippen molar-refractivity contribution in [2.24, 2.45) is 0 Å². The van der Waals surface area contributed by atoms with E-state index in [2.05, 4.69) is 15.0 Å². The predicted molar refractivity (Wildman–Crippen MR) is 92.0 cm³/mol. The molecule has 0 spiro atoms. The second kappa shape index (κ2) is 5.38. The molecule has 4 rings (SSSR count). The summed E-state index contributed by atoms with van der Waals surface area (Å²) in [5.74, 6) is -0.985. The molecule has 5 heteroatoms. The van der Waals surface area contributed by atoms with Crippen LogP contribution in [0.1, 0.15) is 16.1 Å². The monoisotopic (exact) mass is 315 g/mol. The number of carboxylic acids is 1. The van der Waals surface area contributed by atoms with Gasteiger partial charge < -0.3 is 5.11 Å². The van der Waals surface area contributed by atoms with Crippen LogP contribution in [0.15, 0.2) is 54.6 Å². The molecule has 2 aromatic carbocycles. The minimum absolute atomic E-state index is 0.213. The highest BCUT2D eigenvalue weighted by Crippen LogP contribution is 2.26. The van der Waals surface area contributed by atoms with Crippen LogP contribution >= 0.6 is 0 Å². The normalized spacial score (nSPS) is 11.0. The fraction of sp³-hybridized carbons (Fsp3) is 0.0526. The fourth-order valence-electron chi connectivity index (χ4n) is 2.80. The zero-order valence-corrected chi connectivity index (χ0v) is 12.9. The first kappa shape index (κ1) is 14.3. The number of hydrogen-bond acceptors (Lipinski definition) is 4. The molecule has 0 radical (unpaired) electrons. The van der Waals surface area contributed by atoms with Crippen molar-refractivity contribution in [3.05, 3.63) is 65.9 Å². The minimum Gasteiger partial charge on any atom is -0.478 e. The summed E-state index contributed by atoms with van der Waals surface area (Å²) in [5.41, 5.74) is 4.23. The van der Waals surface area contributed by atoms with E-state index in [1.54, 1.807) is 24.3 Å². The Balaban J connectivity index is 2.03. The lowest BCUT2D eigenvalue weighted by Gasteiger charge is -2.09. The molecule has 0 aliphatic rings. The van der Waals surface area contributed by atoms with Crippen molar-refractivity contribution >= 4 is 27.9 Å². The van der Waals surface area contributed by atoms with Gasteiger partial charge in [0.05, 0.1) is 33.5 Å². The van der Waals surface area contributed by atoms with Crippen LogP contribution in [-0.2, 0) is 0 Å². The summed E-state index contributed by atoms with van der Waals surface area (Å²) >= 11 is 0. The number of carbonyl (C=O) groups is 1. The highest BCUT2D eigenvalue weighted by molar-refractivity contribution is 6.03. The molecule has 0 fully saturated rings. The number of carboxylic acid groups (broad SMARTS) is 1. The molecule has 5 nitrogen and oxygen atoms in total. The zero-order chi connectivity index (χ0) is 16.7. The molecule has 24 heavy (non-hydrogen) atoms. The first-order valence-corrected chi connectivity index (χ1v) is 7.50. The zero-order valence-electron chi connectivity index (χ0n) is 12.9. The molecule has 4 aromatic rings. The molecule has 0 aliphatic carbocycles. The number of aryl methyl sites for hydroxylation is 1. The Labute approximate surface area is 137 Å². The summed E-state index contributed by atoms with van der Waals surface area (Å²) in [6.07, 6.45) is 0. The fourth-order valence-corrected chi connectivity index (χ4v) is 2.80. The highest BCUT2D eigenvalue weighted by atomic mass is 16.4. The second-order valence-corrected chi connectivity index (χ2v) is 5.52. The van der Waals surface area contributed by atoms with E-state index >= 15 is 0 Å². The van der Waals surface area contributed by atoms with Gasteiger partial charge in [0.2, 0.25) is 0 Å². The van der Waals surface area contributed by atoms with Gasteiger partial charge >= 0.3 is 5.97 Å². The summed E-state index contributed by atoms with van der Waals surface area (Å²) in [4.78, 5) is 25.4. The summed E-state index contributed by atoms with van der Waals surface area (Å²) in [5, 5.41) is 10.1. The summed E-state index contributed by atoms with van der Waals surface area (Å²) < 4.78 is 0. The molecule has 0 aliphatic heterocycles. The van der Waals surface area contributed by atoms with Gasteiger partial charge in [0.25, 0.3) is 0 Å². The Morgan fingerprint density at radius 1 is 0.875 bits per heavy atom. The number of aromatic carboxylic acids is 1. The second-order valence-electron chi connectivity index (χ2n) is 5.52. The largest absolute Gasteiger partial charge is 0.478 e. The lowest BCUT2D eigenvalue weighted by Crippen LogP contribution is -2.02. The van der Waals surface area contributed by atoms with Crippen LogP contribution in [0.5, 0.6) is 0 Å². The molecule has 0 saturated heterocycles. The smallest absolute Gasteiger partial charge is 0.336 e. The quantitative estimate of drug-likeness (QED) is 0.608. The van der Waals surface area contributed by atoms with Gasteiger partial charge in [-0.15, -0.1) is 0 Å².